The summed E-state index contributed by atoms with van der Waals surface area (Å²) in [5.74, 6) is -0.0301. The van der Waals surface area contributed by atoms with Crippen molar-refractivity contribution in [1.82, 2.24) is 10.3 Å². The number of fused-ring (bicyclic) bond motifs is 1. The second kappa shape index (κ2) is 6.45. The molecule has 0 unspecified atom stereocenters. The number of hydrogen-bond donors (Lipinski definition) is 3. The van der Waals surface area contributed by atoms with Crippen LogP contribution in [0.5, 0.6) is 0 Å². The Morgan fingerprint density at radius 1 is 1.00 bits per heavy atom. The first kappa shape index (κ1) is 14.4. The third-order valence-electron chi connectivity index (χ3n) is 3.79. The number of aromatic nitrogens is 1. The number of aliphatic hydroxyl groups excluding tert-OH is 1. The lowest BCUT2D eigenvalue weighted by Crippen LogP contribution is -2.25. The number of aromatic amines is 1. The fourth-order valence-corrected chi connectivity index (χ4v) is 2.59. The maximum absolute atomic E-state index is 12.1. The van der Waals surface area contributed by atoms with Gasteiger partial charge in [0.25, 0.3) is 0 Å². The van der Waals surface area contributed by atoms with E-state index < -0.39 is 0 Å². The number of aliphatic hydroxyl groups is 1. The van der Waals surface area contributed by atoms with Crippen molar-refractivity contribution < 1.29 is 9.90 Å². The molecule has 0 atom stereocenters. The average Bonchev–Trinajstić information content (AvgIpc) is 2.96. The first-order chi connectivity index (χ1) is 10.8. The zero-order valence-corrected chi connectivity index (χ0v) is 12.2. The number of carbonyl (C=O) groups is 1. The zero-order valence-electron chi connectivity index (χ0n) is 12.2. The van der Waals surface area contributed by atoms with Crippen LogP contribution >= 0.6 is 0 Å². The van der Waals surface area contributed by atoms with Gasteiger partial charge in [0.15, 0.2) is 0 Å². The second-order valence-electron chi connectivity index (χ2n) is 5.24. The summed E-state index contributed by atoms with van der Waals surface area (Å²) in [4.78, 5) is 15.3. The van der Waals surface area contributed by atoms with E-state index in [1.807, 2.05) is 54.7 Å². The van der Waals surface area contributed by atoms with E-state index >= 15 is 0 Å². The fraction of sp³-hybridized carbons (Fsp3) is 0.167. The lowest BCUT2D eigenvalue weighted by Gasteiger charge is -2.08. The van der Waals surface area contributed by atoms with Crippen LogP contribution in [-0.2, 0) is 24.4 Å². The van der Waals surface area contributed by atoms with Gasteiger partial charge in [-0.05, 0) is 22.8 Å². The lowest BCUT2D eigenvalue weighted by molar-refractivity contribution is -0.120. The van der Waals surface area contributed by atoms with E-state index in [1.54, 1.807) is 0 Å². The Kier molecular flexibility index (Phi) is 4.21. The fourth-order valence-electron chi connectivity index (χ4n) is 2.59. The molecule has 0 spiro atoms. The van der Waals surface area contributed by atoms with E-state index in [4.69, 9.17) is 0 Å². The van der Waals surface area contributed by atoms with Crippen LogP contribution in [0.1, 0.15) is 16.7 Å². The van der Waals surface area contributed by atoms with Gasteiger partial charge in [0.1, 0.15) is 0 Å². The molecule has 1 amide bonds. The Morgan fingerprint density at radius 3 is 2.55 bits per heavy atom. The van der Waals surface area contributed by atoms with Crippen molar-refractivity contribution in [3.63, 3.8) is 0 Å². The second-order valence-corrected chi connectivity index (χ2v) is 5.24. The van der Waals surface area contributed by atoms with E-state index in [0.717, 1.165) is 27.6 Å². The molecular weight excluding hydrogens is 276 g/mol. The molecule has 112 valence electrons. The molecule has 0 fully saturated rings. The van der Waals surface area contributed by atoms with Crippen LogP contribution in [0.4, 0.5) is 0 Å². The number of carbonyl (C=O) groups excluding carboxylic acids is 1. The van der Waals surface area contributed by atoms with Crippen LogP contribution in [0.15, 0.2) is 54.7 Å². The van der Waals surface area contributed by atoms with E-state index in [2.05, 4.69) is 10.3 Å². The molecule has 0 radical (unpaired) electrons. The highest BCUT2D eigenvalue weighted by Gasteiger charge is 2.09. The first-order valence-corrected chi connectivity index (χ1v) is 7.27. The number of hydrogen-bond acceptors (Lipinski definition) is 2. The normalized spacial score (nSPS) is 10.8. The average molecular weight is 294 g/mol. The number of rotatable bonds is 5. The molecule has 0 saturated heterocycles. The van der Waals surface area contributed by atoms with Crippen molar-refractivity contribution in [2.24, 2.45) is 0 Å². The smallest absolute Gasteiger partial charge is 0.224 e. The van der Waals surface area contributed by atoms with Crippen molar-refractivity contribution in [2.75, 3.05) is 0 Å². The molecule has 3 N–H and O–H groups in total. The third kappa shape index (κ3) is 3.02. The molecule has 0 aliphatic carbocycles. The summed E-state index contributed by atoms with van der Waals surface area (Å²) < 4.78 is 0. The van der Waals surface area contributed by atoms with Crippen LogP contribution in [0.2, 0.25) is 0 Å². The zero-order chi connectivity index (χ0) is 15.4. The van der Waals surface area contributed by atoms with Crippen LogP contribution in [0, 0.1) is 0 Å². The topological polar surface area (TPSA) is 65.1 Å². The highest BCUT2D eigenvalue weighted by molar-refractivity contribution is 5.88. The van der Waals surface area contributed by atoms with Crippen molar-refractivity contribution >= 4 is 16.8 Å². The van der Waals surface area contributed by atoms with Gasteiger partial charge in [-0.1, -0.05) is 42.5 Å². The number of para-hydroxylation sites is 1. The summed E-state index contributed by atoms with van der Waals surface area (Å²) in [6.07, 6.45) is 2.22. The van der Waals surface area contributed by atoms with Crippen LogP contribution in [-0.4, -0.2) is 16.0 Å². The predicted molar refractivity (Wildman–Crippen MR) is 86.2 cm³/mol. The minimum absolute atomic E-state index is 0.0194. The molecule has 4 nitrogen and oxygen atoms in total. The van der Waals surface area contributed by atoms with Crippen LogP contribution in [0.3, 0.4) is 0 Å². The van der Waals surface area contributed by atoms with Gasteiger partial charge in [0.05, 0.1) is 13.0 Å². The van der Waals surface area contributed by atoms with E-state index in [0.29, 0.717) is 13.0 Å². The van der Waals surface area contributed by atoms with Gasteiger partial charge in [-0.3, -0.25) is 4.79 Å². The van der Waals surface area contributed by atoms with Crippen molar-refractivity contribution in [1.29, 1.82) is 0 Å². The highest BCUT2D eigenvalue weighted by Crippen LogP contribution is 2.18. The number of amides is 1. The molecule has 2 aromatic carbocycles. The Labute approximate surface area is 128 Å². The maximum Gasteiger partial charge on any atom is 0.224 e. The summed E-state index contributed by atoms with van der Waals surface area (Å²) in [6.45, 7) is 0.409. The largest absolute Gasteiger partial charge is 0.392 e. The molecule has 4 heteroatoms. The summed E-state index contributed by atoms with van der Waals surface area (Å²) in [5.41, 5.74) is 3.81. The third-order valence-corrected chi connectivity index (χ3v) is 3.79. The van der Waals surface area contributed by atoms with Gasteiger partial charge in [-0.25, -0.2) is 0 Å². The van der Waals surface area contributed by atoms with E-state index in [9.17, 15) is 9.90 Å². The minimum atomic E-state index is -0.0301. The van der Waals surface area contributed by atoms with E-state index in [1.165, 1.54) is 0 Å². The van der Waals surface area contributed by atoms with Crippen LogP contribution < -0.4 is 5.32 Å². The predicted octanol–water partition coefficient (Wildman–Crippen LogP) is 2.52. The number of nitrogens with one attached hydrogen (secondary N) is 2. The van der Waals surface area contributed by atoms with Gasteiger partial charge in [0, 0.05) is 23.6 Å². The summed E-state index contributed by atoms with van der Waals surface area (Å²) in [5, 5.41) is 13.3. The summed E-state index contributed by atoms with van der Waals surface area (Å²) >= 11 is 0. The molecule has 3 aromatic rings. The summed E-state index contributed by atoms with van der Waals surface area (Å²) in [6, 6.07) is 15.5. The lowest BCUT2D eigenvalue weighted by atomic mass is 10.1. The monoisotopic (exact) mass is 294 g/mol. The molecule has 3 rings (SSSR count). The maximum atomic E-state index is 12.1. The van der Waals surface area contributed by atoms with Gasteiger partial charge in [-0.15, -0.1) is 0 Å². The Hall–Kier alpha value is -2.59. The van der Waals surface area contributed by atoms with Crippen LogP contribution in [0.25, 0.3) is 10.9 Å². The Morgan fingerprint density at radius 2 is 1.73 bits per heavy atom. The molecule has 1 aromatic heterocycles. The van der Waals surface area contributed by atoms with Crippen molar-refractivity contribution in [3.8, 4) is 0 Å². The minimum Gasteiger partial charge on any atom is -0.392 e. The van der Waals surface area contributed by atoms with Crippen molar-refractivity contribution in [2.45, 2.75) is 19.6 Å². The number of H-pyrrole nitrogens is 1. The van der Waals surface area contributed by atoms with Gasteiger partial charge in [-0.2, -0.15) is 0 Å². The quantitative estimate of drug-likeness (QED) is 0.677. The molecule has 0 aliphatic heterocycles. The van der Waals surface area contributed by atoms with Gasteiger partial charge < -0.3 is 15.4 Å². The van der Waals surface area contributed by atoms with Crippen molar-refractivity contribution in [3.05, 3.63) is 71.4 Å². The molecule has 1 heterocycles. The molecule has 0 aliphatic rings. The highest BCUT2D eigenvalue weighted by atomic mass is 16.3. The molecule has 22 heavy (non-hydrogen) atoms. The van der Waals surface area contributed by atoms with Gasteiger partial charge >= 0.3 is 0 Å². The standard InChI is InChI=1S/C18H18N2O2/c21-12-14-6-2-1-5-13(14)10-20-18(22)9-15-11-19-17-8-4-3-7-16(15)17/h1-8,11,19,21H,9-10,12H2,(H,20,22). The van der Waals surface area contributed by atoms with E-state index in [-0.39, 0.29) is 12.5 Å². The molecule has 0 saturated carbocycles. The molecular formula is C18H18N2O2. The Balaban J connectivity index is 1.65. The van der Waals surface area contributed by atoms with Gasteiger partial charge in [0.2, 0.25) is 5.91 Å². The number of benzene rings is 2. The summed E-state index contributed by atoms with van der Waals surface area (Å²) in [7, 11) is 0. The molecule has 0 bridgehead atoms. The SMILES string of the molecule is O=C(Cc1c[nH]c2ccccc12)NCc1ccccc1CO. The Bertz CT molecular complexity index is 792. The first-order valence-electron chi connectivity index (χ1n) is 7.27.